The topological polar surface area (TPSA) is 29.5 Å². The lowest BCUT2D eigenvalue weighted by molar-refractivity contribution is 0.0928. The van der Waals surface area contributed by atoms with Gasteiger partial charge in [0.1, 0.15) is 0 Å². The molecule has 0 bridgehead atoms. The van der Waals surface area contributed by atoms with Crippen molar-refractivity contribution in [1.29, 1.82) is 0 Å². The Balaban J connectivity index is -0.000000180. The SMILES string of the molecule is C.C.CCCOCCO. The minimum atomic E-state index is 0. The molecule has 0 amide bonds. The average molecular weight is 136 g/mol. The van der Waals surface area contributed by atoms with Gasteiger partial charge in [0.2, 0.25) is 0 Å². The highest BCUT2D eigenvalue weighted by Gasteiger charge is 1.78. The predicted molar refractivity (Wildman–Crippen MR) is 41.7 cm³/mol. The van der Waals surface area contributed by atoms with Crippen molar-refractivity contribution < 1.29 is 9.84 Å². The van der Waals surface area contributed by atoms with Gasteiger partial charge in [-0.2, -0.15) is 0 Å². The molecule has 0 atom stereocenters. The summed E-state index contributed by atoms with van der Waals surface area (Å²) in [6.07, 6.45) is 1.03. The van der Waals surface area contributed by atoms with Crippen molar-refractivity contribution >= 4 is 0 Å². The summed E-state index contributed by atoms with van der Waals surface area (Å²) >= 11 is 0. The Labute approximate surface area is 58.8 Å². The van der Waals surface area contributed by atoms with E-state index >= 15 is 0 Å². The molecular formula is C7H20O2. The van der Waals surface area contributed by atoms with Gasteiger partial charge in [-0.3, -0.25) is 0 Å². The molecule has 0 aromatic heterocycles. The minimum Gasteiger partial charge on any atom is -0.394 e. The van der Waals surface area contributed by atoms with Gasteiger partial charge >= 0.3 is 0 Å². The molecule has 0 radical (unpaired) electrons. The van der Waals surface area contributed by atoms with Crippen LogP contribution in [0.4, 0.5) is 0 Å². The standard InChI is InChI=1S/C5H12O2.2CH4/c1-2-4-7-5-3-6;;/h6H,2-5H2,1H3;2*1H4. The predicted octanol–water partition coefficient (Wildman–Crippen LogP) is 1.68. The maximum atomic E-state index is 8.17. The Bertz CT molecular complexity index is 26.1. The van der Waals surface area contributed by atoms with Gasteiger partial charge in [0.15, 0.2) is 0 Å². The first-order valence-corrected chi connectivity index (χ1v) is 2.60. The van der Waals surface area contributed by atoms with Crippen LogP contribution in [0.1, 0.15) is 28.2 Å². The van der Waals surface area contributed by atoms with Crippen molar-refractivity contribution in [2.24, 2.45) is 0 Å². The molecule has 1 N–H and O–H groups in total. The Morgan fingerprint density at radius 2 is 1.78 bits per heavy atom. The fourth-order valence-electron chi connectivity index (χ4n) is 0.311. The second-order valence-corrected chi connectivity index (χ2v) is 1.34. The lowest BCUT2D eigenvalue weighted by Crippen LogP contribution is -1.98. The summed E-state index contributed by atoms with van der Waals surface area (Å²) in [6.45, 7) is 3.42. The van der Waals surface area contributed by atoms with Gasteiger partial charge in [0.05, 0.1) is 13.2 Å². The maximum absolute atomic E-state index is 8.17. The van der Waals surface area contributed by atoms with E-state index in [4.69, 9.17) is 9.84 Å². The summed E-state index contributed by atoms with van der Waals surface area (Å²) in [6, 6.07) is 0. The number of rotatable bonds is 4. The number of hydrogen-bond acceptors (Lipinski definition) is 2. The zero-order valence-corrected chi connectivity index (χ0v) is 4.68. The summed E-state index contributed by atoms with van der Waals surface area (Å²) < 4.78 is 4.88. The van der Waals surface area contributed by atoms with Gasteiger partial charge in [-0.1, -0.05) is 21.8 Å². The van der Waals surface area contributed by atoms with Gasteiger partial charge in [0.25, 0.3) is 0 Å². The molecule has 0 aromatic rings. The zero-order valence-electron chi connectivity index (χ0n) is 4.68. The molecule has 0 aromatic carbocycles. The Morgan fingerprint density at radius 3 is 2.11 bits per heavy atom. The molecule has 2 heteroatoms. The van der Waals surface area contributed by atoms with Crippen molar-refractivity contribution in [1.82, 2.24) is 0 Å². The van der Waals surface area contributed by atoms with Crippen LogP contribution in [0.25, 0.3) is 0 Å². The van der Waals surface area contributed by atoms with Crippen LogP contribution in [0.3, 0.4) is 0 Å². The van der Waals surface area contributed by atoms with Crippen molar-refractivity contribution in [3.8, 4) is 0 Å². The quantitative estimate of drug-likeness (QED) is 0.596. The maximum Gasteiger partial charge on any atom is 0.0697 e. The van der Waals surface area contributed by atoms with Gasteiger partial charge in [-0.15, -0.1) is 0 Å². The summed E-state index contributed by atoms with van der Waals surface area (Å²) in [4.78, 5) is 0. The first-order chi connectivity index (χ1) is 3.41. The van der Waals surface area contributed by atoms with Gasteiger partial charge in [0, 0.05) is 6.61 Å². The largest absolute Gasteiger partial charge is 0.394 e. The van der Waals surface area contributed by atoms with Crippen LogP contribution in [-0.2, 0) is 4.74 Å². The van der Waals surface area contributed by atoms with E-state index in [1.165, 1.54) is 0 Å². The highest BCUT2D eigenvalue weighted by molar-refractivity contribution is 4.24. The van der Waals surface area contributed by atoms with Crippen LogP contribution in [0, 0.1) is 0 Å². The number of hydrogen-bond donors (Lipinski definition) is 1. The monoisotopic (exact) mass is 136 g/mol. The lowest BCUT2D eigenvalue weighted by atomic mass is 10.5. The Kier molecular flexibility index (Phi) is 27.8. The highest BCUT2D eigenvalue weighted by Crippen LogP contribution is 1.76. The molecule has 0 unspecified atom stereocenters. The fraction of sp³-hybridized carbons (Fsp3) is 1.00. The van der Waals surface area contributed by atoms with E-state index in [2.05, 4.69) is 0 Å². The van der Waals surface area contributed by atoms with Crippen molar-refractivity contribution in [2.75, 3.05) is 19.8 Å². The molecule has 0 spiro atoms. The van der Waals surface area contributed by atoms with E-state index in [1.807, 2.05) is 6.92 Å². The summed E-state index contributed by atoms with van der Waals surface area (Å²) in [7, 11) is 0. The van der Waals surface area contributed by atoms with Crippen molar-refractivity contribution in [3.05, 3.63) is 0 Å². The molecular weight excluding hydrogens is 116 g/mol. The first kappa shape index (κ1) is 16.0. The Hall–Kier alpha value is -0.0800. The first-order valence-electron chi connectivity index (χ1n) is 2.60. The molecule has 2 nitrogen and oxygen atoms in total. The smallest absolute Gasteiger partial charge is 0.0697 e. The molecule has 0 rings (SSSR count). The number of ether oxygens (including phenoxy) is 1. The molecule has 0 aliphatic rings. The molecule has 0 aliphatic heterocycles. The molecule has 60 valence electrons. The summed E-state index contributed by atoms with van der Waals surface area (Å²) in [5.74, 6) is 0. The normalized spacial score (nSPS) is 7.33. The van der Waals surface area contributed by atoms with E-state index in [1.54, 1.807) is 0 Å². The second-order valence-electron chi connectivity index (χ2n) is 1.34. The van der Waals surface area contributed by atoms with Crippen LogP contribution >= 0.6 is 0 Å². The van der Waals surface area contributed by atoms with E-state index in [9.17, 15) is 0 Å². The van der Waals surface area contributed by atoms with E-state index in [-0.39, 0.29) is 21.5 Å². The van der Waals surface area contributed by atoms with Crippen molar-refractivity contribution in [3.63, 3.8) is 0 Å². The third kappa shape index (κ3) is 18.1. The van der Waals surface area contributed by atoms with E-state index in [0.717, 1.165) is 13.0 Å². The molecule has 0 saturated heterocycles. The second kappa shape index (κ2) is 15.7. The van der Waals surface area contributed by atoms with Crippen LogP contribution < -0.4 is 0 Å². The highest BCUT2D eigenvalue weighted by atomic mass is 16.5. The van der Waals surface area contributed by atoms with E-state index in [0.29, 0.717) is 6.61 Å². The molecule has 9 heavy (non-hydrogen) atoms. The average Bonchev–Trinajstić information content (AvgIpc) is 1.69. The minimum absolute atomic E-state index is 0. The Morgan fingerprint density at radius 1 is 1.22 bits per heavy atom. The summed E-state index contributed by atoms with van der Waals surface area (Å²) in [5.41, 5.74) is 0. The van der Waals surface area contributed by atoms with Crippen LogP contribution in [0.15, 0.2) is 0 Å². The zero-order chi connectivity index (χ0) is 5.54. The summed E-state index contributed by atoms with van der Waals surface area (Å²) in [5, 5.41) is 8.17. The molecule has 0 heterocycles. The van der Waals surface area contributed by atoms with Crippen LogP contribution in [-0.4, -0.2) is 24.9 Å². The lowest BCUT2D eigenvalue weighted by Gasteiger charge is -1.94. The fourth-order valence-corrected chi connectivity index (χ4v) is 0.311. The third-order valence-corrected chi connectivity index (χ3v) is 0.584. The molecule has 0 aliphatic carbocycles. The number of aliphatic hydroxyl groups excluding tert-OH is 1. The third-order valence-electron chi connectivity index (χ3n) is 0.584. The van der Waals surface area contributed by atoms with Gasteiger partial charge < -0.3 is 9.84 Å². The molecule has 0 fully saturated rings. The number of aliphatic hydroxyl groups is 1. The van der Waals surface area contributed by atoms with Gasteiger partial charge in [-0.05, 0) is 6.42 Å². The van der Waals surface area contributed by atoms with Gasteiger partial charge in [-0.25, -0.2) is 0 Å². The van der Waals surface area contributed by atoms with Crippen LogP contribution in [0.5, 0.6) is 0 Å². The molecule has 0 saturated carbocycles. The van der Waals surface area contributed by atoms with E-state index < -0.39 is 0 Å². The van der Waals surface area contributed by atoms with Crippen LogP contribution in [0.2, 0.25) is 0 Å². The van der Waals surface area contributed by atoms with Crippen molar-refractivity contribution in [2.45, 2.75) is 28.2 Å².